The van der Waals surface area contributed by atoms with E-state index in [0.717, 1.165) is 17.8 Å². The topological polar surface area (TPSA) is 0 Å². The Bertz CT molecular complexity index is 105. The molecule has 0 saturated heterocycles. The van der Waals surface area contributed by atoms with Crippen molar-refractivity contribution < 1.29 is 0 Å². The first-order valence-corrected chi connectivity index (χ1v) is 5.70. The summed E-state index contributed by atoms with van der Waals surface area (Å²) in [4.78, 5) is 0. The summed E-state index contributed by atoms with van der Waals surface area (Å²) in [6.07, 6.45) is 8.88. The Kier molecular flexibility index (Phi) is 4.11. The quantitative estimate of drug-likeness (QED) is 0.549. The minimum Gasteiger partial charge on any atom is -0.0625 e. The molecule has 0 aliphatic heterocycles. The van der Waals surface area contributed by atoms with Crippen LogP contribution in [0.2, 0.25) is 0 Å². The second kappa shape index (κ2) is 4.89. The molecule has 0 aromatic rings. The predicted molar refractivity (Wildman–Crippen MR) is 55.2 cm³/mol. The zero-order valence-electron chi connectivity index (χ0n) is 8.97. The lowest BCUT2D eigenvalue weighted by Gasteiger charge is -2.25. The Morgan fingerprint density at radius 2 is 1.42 bits per heavy atom. The van der Waals surface area contributed by atoms with Gasteiger partial charge >= 0.3 is 0 Å². The monoisotopic (exact) mass is 168 g/mol. The molecule has 1 rings (SSSR count). The van der Waals surface area contributed by atoms with Crippen LogP contribution in [0.15, 0.2) is 0 Å². The molecule has 0 aromatic carbocycles. The predicted octanol–water partition coefficient (Wildman–Crippen LogP) is 4.25. The maximum absolute atomic E-state index is 2.41. The molecule has 0 atom stereocenters. The lowest BCUT2D eigenvalue weighted by atomic mass is 9.81. The van der Waals surface area contributed by atoms with Gasteiger partial charge in [-0.05, 0) is 17.8 Å². The molecule has 0 heteroatoms. The first-order valence-electron chi connectivity index (χ1n) is 5.70. The fraction of sp³-hybridized carbons (Fsp3) is 1.00. The molecule has 0 radical (unpaired) electrons. The van der Waals surface area contributed by atoms with Crippen molar-refractivity contribution in [2.45, 2.75) is 59.3 Å². The first-order chi connectivity index (χ1) is 5.70. The van der Waals surface area contributed by atoms with Gasteiger partial charge in [-0.15, -0.1) is 0 Å². The molecule has 0 bridgehead atoms. The van der Waals surface area contributed by atoms with E-state index < -0.39 is 0 Å². The van der Waals surface area contributed by atoms with Crippen LogP contribution in [-0.4, -0.2) is 0 Å². The van der Waals surface area contributed by atoms with E-state index in [2.05, 4.69) is 20.8 Å². The van der Waals surface area contributed by atoms with E-state index in [1.165, 1.54) is 38.5 Å². The maximum atomic E-state index is 2.41. The summed E-state index contributed by atoms with van der Waals surface area (Å²) in [5, 5.41) is 0. The minimum absolute atomic E-state index is 0.915. The molecular weight excluding hydrogens is 144 g/mol. The molecule has 0 spiro atoms. The van der Waals surface area contributed by atoms with E-state index >= 15 is 0 Å². The SMILES string of the molecule is CC1CCCC(C(C)C)CCC1. The molecule has 0 amide bonds. The van der Waals surface area contributed by atoms with E-state index in [1.54, 1.807) is 0 Å². The van der Waals surface area contributed by atoms with Gasteiger partial charge in [-0.1, -0.05) is 59.3 Å². The van der Waals surface area contributed by atoms with Crippen molar-refractivity contribution in [3.8, 4) is 0 Å². The zero-order valence-corrected chi connectivity index (χ0v) is 8.97. The Morgan fingerprint density at radius 3 is 1.83 bits per heavy atom. The highest BCUT2D eigenvalue weighted by molar-refractivity contribution is 4.68. The van der Waals surface area contributed by atoms with Crippen LogP contribution in [0.3, 0.4) is 0 Å². The van der Waals surface area contributed by atoms with Gasteiger partial charge in [-0.2, -0.15) is 0 Å². The second-order valence-corrected chi connectivity index (χ2v) is 4.97. The van der Waals surface area contributed by atoms with Crippen molar-refractivity contribution in [1.82, 2.24) is 0 Å². The van der Waals surface area contributed by atoms with Crippen LogP contribution in [0.1, 0.15) is 59.3 Å². The van der Waals surface area contributed by atoms with E-state index in [1.807, 2.05) is 0 Å². The van der Waals surface area contributed by atoms with Crippen LogP contribution >= 0.6 is 0 Å². The van der Waals surface area contributed by atoms with Gasteiger partial charge in [-0.25, -0.2) is 0 Å². The van der Waals surface area contributed by atoms with Gasteiger partial charge in [0.05, 0.1) is 0 Å². The molecule has 0 heterocycles. The molecule has 1 saturated carbocycles. The van der Waals surface area contributed by atoms with Crippen molar-refractivity contribution in [2.75, 3.05) is 0 Å². The van der Waals surface area contributed by atoms with Crippen LogP contribution in [0.25, 0.3) is 0 Å². The third kappa shape index (κ3) is 3.16. The van der Waals surface area contributed by atoms with Gasteiger partial charge in [0.2, 0.25) is 0 Å². The Labute approximate surface area is 77.7 Å². The average Bonchev–Trinajstić information content (AvgIpc) is 1.95. The normalized spacial score (nSPS) is 33.0. The van der Waals surface area contributed by atoms with Gasteiger partial charge in [0.25, 0.3) is 0 Å². The number of hydrogen-bond acceptors (Lipinski definition) is 0. The molecule has 1 aliphatic carbocycles. The molecular formula is C12H24. The van der Waals surface area contributed by atoms with Crippen molar-refractivity contribution in [3.05, 3.63) is 0 Å². The summed E-state index contributed by atoms with van der Waals surface area (Å²) in [6, 6.07) is 0. The molecule has 0 nitrogen and oxygen atoms in total. The summed E-state index contributed by atoms with van der Waals surface area (Å²) in [5.74, 6) is 2.94. The van der Waals surface area contributed by atoms with Crippen LogP contribution in [0.5, 0.6) is 0 Å². The third-order valence-corrected chi connectivity index (χ3v) is 3.49. The van der Waals surface area contributed by atoms with Gasteiger partial charge in [-0.3, -0.25) is 0 Å². The second-order valence-electron chi connectivity index (χ2n) is 4.97. The number of rotatable bonds is 1. The van der Waals surface area contributed by atoms with Crippen molar-refractivity contribution in [3.63, 3.8) is 0 Å². The minimum atomic E-state index is 0.915. The zero-order chi connectivity index (χ0) is 8.97. The fourth-order valence-electron chi connectivity index (χ4n) is 2.41. The molecule has 72 valence electrons. The van der Waals surface area contributed by atoms with E-state index in [-0.39, 0.29) is 0 Å². The van der Waals surface area contributed by atoms with Gasteiger partial charge in [0, 0.05) is 0 Å². The lowest BCUT2D eigenvalue weighted by molar-refractivity contribution is 0.272. The summed E-state index contributed by atoms with van der Waals surface area (Å²) < 4.78 is 0. The van der Waals surface area contributed by atoms with Crippen molar-refractivity contribution >= 4 is 0 Å². The van der Waals surface area contributed by atoms with Gasteiger partial charge < -0.3 is 0 Å². The summed E-state index contributed by atoms with van der Waals surface area (Å²) in [5.41, 5.74) is 0. The van der Waals surface area contributed by atoms with Crippen LogP contribution in [-0.2, 0) is 0 Å². The first kappa shape index (κ1) is 10.1. The van der Waals surface area contributed by atoms with Crippen molar-refractivity contribution in [2.24, 2.45) is 17.8 Å². The largest absolute Gasteiger partial charge is 0.0625 e. The van der Waals surface area contributed by atoms with E-state index in [9.17, 15) is 0 Å². The summed E-state index contributed by atoms with van der Waals surface area (Å²) in [6.45, 7) is 7.18. The summed E-state index contributed by atoms with van der Waals surface area (Å²) >= 11 is 0. The van der Waals surface area contributed by atoms with Crippen LogP contribution < -0.4 is 0 Å². The third-order valence-electron chi connectivity index (χ3n) is 3.49. The summed E-state index contributed by atoms with van der Waals surface area (Å²) in [7, 11) is 0. The highest BCUT2D eigenvalue weighted by atomic mass is 14.2. The standard InChI is InChI=1S/C12H24/c1-10(2)12-8-4-6-11(3)7-5-9-12/h10-12H,4-9H2,1-3H3. The van der Waals surface area contributed by atoms with Crippen LogP contribution in [0.4, 0.5) is 0 Å². The smallest absolute Gasteiger partial charge is 0.0391 e. The molecule has 0 unspecified atom stereocenters. The van der Waals surface area contributed by atoms with Gasteiger partial charge in [0.15, 0.2) is 0 Å². The lowest BCUT2D eigenvalue weighted by Crippen LogP contribution is -2.12. The highest BCUT2D eigenvalue weighted by Gasteiger charge is 2.16. The highest BCUT2D eigenvalue weighted by Crippen LogP contribution is 2.29. The maximum Gasteiger partial charge on any atom is -0.0391 e. The van der Waals surface area contributed by atoms with Gasteiger partial charge in [0.1, 0.15) is 0 Å². The average molecular weight is 168 g/mol. The Hall–Kier alpha value is 0. The molecule has 1 aliphatic rings. The Morgan fingerprint density at radius 1 is 0.917 bits per heavy atom. The van der Waals surface area contributed by atoms with E-state index in [0.29, 0.717) is 0 Å². The fourth-order valence-corrected chi connectivity index (χ4v) is 2.41. The Balaban J connectivity index is 2.30. The van der Waals surface area contributed by atoms with Crippen LogP contribution in [0, 0.1) is 17.8 Å². The molecule has 0 N–H and O–H groups in total. The molecule has 1 fully saturated rings. The number of hydrogen-bond donors (Lipinski definition) is 0. The molecule has 0 aromatic heterocycles. The molecule has 12 heavy (non-hydrogen) atoms. The van der Waals surface area contributed by atoms with E-state index in [4.69, 9.17) is 0 Å². The van der Waals surface area contributed by atoms with Crippen molar-refractivity contribution in [1.29, 1.82) is 0 Å².